The summed E-state index contributed by atoms with van der Waals surface area (Å²) in [6, 6.07) is 6.20. The average molecular weight is 177 g/mol. The van der Waals surface area contributed by atoms with E-state index < -0.39 is 6.03 Å². The Balaban J connectivity index is 2.76. The molecule has 0 atom stereocenters. The summed E-state index contributed by atoms with van der Waals surface area (Å²) in [6.07, 6.45) is 1.40. The third-order valence-electron chi connectivity index (χ3n) is 1.80. The number of halogens is 1. The minimum atomic E-state index is -0.599. The monoisotopic (exact) mass is 177 g/mol. The molecule has 0 saturated heterocycles. The van der Waals surface area contributed by atoms with Crippen LogP contribution in [0.25, 0.3) is 10.9 Å². The molecule has 13 heavy (non-hydrogen) atoms. The Bertz CT molecular complexity index is 475. The third kappa shape index (κ3) is 1.16. The molecule has 65 valence electrons. The zero-order valence-corrected chi connectivity index (χ0v) is 6.62. The van der Waals surface area contributed by atoms with E-state index in [2.05, 4.69) is 6.07 Å². The lowest BCUT2D eigenvalue weighted by molar-refractivity contribution is 0.251. The van der Waals surface area contributed by atoms with Crippen molar-refractivity contribution in [3.8, 4) is 0 Å². The van der Waals surface area contributed by atoms with Crippen molar-refractivity contribution in [2.24, 2.45) is 5.73 Å². The number of benzene rings is 1. The van der Waals surface area contributed by atoms with Crippen LogP contribution in [-0.4, -0.2) is 10.6 Å². The standard InChI is InChI=1S/C9H6FN2O/c10-7-1-2-8-6(5-7)3-4-12(8)9(11)13/h1-2,4-5H,(H2,11,13). The van der Waals surface area contributed by atoms with E-state index in [9.17, 15) is 9.18 Å². The molecule has 1 aromatic heterocycles. The van der Waals surface area contributed by atoms with Crippen molar-refractivity contribution in [1.29, 1.82) is 0 Å². The van der Waals surface area contributed by atoms with Gasteiger partial charge in [-0.2, -0.15) is 0 Å². The number of nitrogens with zero attached hydrogens (tertiary/aromatic N) is 1. The quantitative estimate of drug-likeness (QED) is 0.651. The minimum Gasteiger partial charge on any atom is -0.351 e. The van der Waals surface area contributed by atoms with Crippen LogP contribution in [0.5, 0.6) is 0 Å². The molecule has 0 aliphatic heterocycles. The Labute approximate surface area is 73.6 Å². The molecule has 2 N–H and O–H groups in total. The molecular weight excluding hydrogens is 171 g/mol. The first kappa shape index (κ1) is 7.79. The Hall–Kier alpha value is -1.84. The van der Waals surface area contributed by atoms with Crippen LogP contribution in [0.1, 0.15) is 0 Å². The lowest BCUT2D eigenvalue weighted by Crippen LogP contribution is -2.17. The van der Waals surface area contributed by atoms with E-state index in [1.807, 2.05) is 0 Å². The topological polar surface area (TPSA) is 48.0 Å². The lowest BCUT2D eigenvalue weighted by atomic mass is 10.2. The van der Waals surface area contributed by atoms with Gasteiger partial charge in [-0.05, 0) is 18.2 Å². The first-order chi connectivity index (χ1) is 6.18. The van der Waals surface area contributed by atoms with Crippen LogP contribution in [-0.2, 0) is 0 Å². The Morgan fingerprint density at radius 3 is 3.00 bits per heavy atom. The van der Waals surface area contributed by atoms with Crippen LogP contribution in [0.2, 0.25) is 0 Å². The summed E-state index contributed by atoms with van der Waals surface area (Å²) in [4.78, 5) is 10.8. The van der Waals surface area contributed by atoms with Gasteiger partial charge in [0.2, 0.25) is 0 Å². The minimum absolute atomic E-state index is 0.356. The third-order valence-corrected chi connectivity index (χ3v) is 1.80. The Kier molecular flexibility index (Phi) is 1.55. The molecular formula is C9H6FN2O. The maximum absolute atomic E-state index is 12.7. The first-order valence-electron chi connectivity index (χ1n) is 3.66. The first-order valence-corrected chi connectivity index (χ1v) is 3.66. The van der Waals surface area contributed by atoms with Crippen molar-refractivity contribution in [3.05, 3.63) is 36.3 Å². The van der Waals surface area contributed by atoms with Gasteiger partial charge in [-0.25, -0.2) is 9.18 Å². The maximum atomic E-state index is 12.7. The summed E-state index contributed by atoms with van der Waals surface area (Å²) in [5.74, 6) is -0.356. The van der Waals surface area contributed by atoms with E-state index >= 15 is 0 Å². The Morgan fingerprint density at radius 2 is 2.31 bits per heavy atom. The van der Waals surface area contributed by atoms with Crippen molar-refractivity contribution in [2.45, 2.75) is 0 Å². The summed E-state index contributed by atoms with van der Waals surface area (Å²) < 4.78 is 13.9. The van der Waals surface area contributed by atoms with Crippen molar-refractivity contribution in [1.82, 2.24) is 4.57 Å². The number of nitrogens with two attached hydrogens (primary N) is 1. The predicted molar refractivity (Wildman–Crippen MR) is 45.7 cm³/mol. The molecule has 0 aliphatic rings. The van der Waals surface area contributed by atoms with Crippen LogP contribution < -0.4 is 5.73 Å². The molecule has 0 spiro atoms. The molecule has 0 unspecified atom stereocenters. The van der Waals surface area contributed by atoms with E-state index in [0.717, 1.165) is 0 Å². The molecule has 0 fully saturated rings. The van der Waals surface area contributed by atoms with Crippen LogP contribution in [0.15, 0.2) is 24.4 Å². The second-order valence-corrected chi connectivity index (χ2v) is 2.64. The molecule has 1 amide bonds. The molecule has 1 aromatic carbocycles. The summed E-state index contributed by atoms with van der Waals surface area (Å²) >= 11 is 0. The number of primary amides is 1. The van der Waals surface area contributed by atoms with E-state index in [1.54, 1.807) is 0 Å². The van der Waals surface area contributed by atoms with Gasteiger partial charge in [-0.3, -0.25) is 4.57 Å². The van der Waals surface area contributed by atoms with E-state index in [4.69, 9.17) is 5.73 Å². The smallest absolute Gasteiger partial charge is 0.323 e. The fourth-order valence-corrected chi connectivity index (χ4v) is 1.22. The highest BCUT2D eigenvalue weighted by Gasteiger charge is 2.05. The SMILES string of the molecule is NC(=O)n1c[c]c2cc(F)ccc21. The highest BCUT2D eigenvalue weighted by Crippen LogP contribution is 2.15. The number of carbonyl (C=O) groups excluding carboxylic acids is 1. The number of amides is 1. The largest absolute Gasteiger partial charge is 0.351 e. The number of hydrogen-bond donors (Lipinski definition) is 1. The second kappa shape index (κ2) is 2.58. The zero-order chi connectivity index (χ0) is 9.42. The molecule has 0 bridgehead atoms. The Morgan fingerprint density at radius 1 is 1.54 bits per heavy atom. The molecule has 2 rings (SSSR count). The fourth-order valence-electron chi connectivity index (χ4n) is 1.22. The molecule has 1 heterocycles. The van der Waals surface area contributed by atoms with Gasteiger partial charge in [0.15, 0.2) is 0 Å². The molecule has 3 nitrogen and oxygen atoms in total. The van der Waals surface area contributed by atoms with Crippen LogP contribution in [0.3, 0.4) is 0 Å². The van der Waals surface area contributed by atoms with Gasteiger partial charge in [0, 0.05) is 17.6 Å². The summed E-state index contributed by atoms with van der Waals surface area (Å²) in [5.41, 5.74) is 5.64. The van der Waals surface area contributed by atoms with Crippen LogP contribution in [0, 0.1) is 11.9 Å². The van der Waals surface area contributed by atoms with Gasteiger partial charge in [0.1, 0.15) is 5.82 Å². The summed E-state index contributed by atoms with van der Waals surface area (Å²) in [5, 5.41) is 0.541. The molecule has 0 saturated carbocycles. The van der Waals surface area contributed by atoms with Crippen LogP contribution in [0.4, 0.5) is 9.18 Å². The van der Waals surface area contributed by atoms with Gasteiger partial charge in [-0.15, -0.1) is 0 Å². The average Bonchev–Trinajstić information content (AvgIpc) is 2.46. The number of hydrogen-bond acceptors (Lipinski definition) is 1. The maximum Gasteiger partial charge on any atom is 0.323 e. The lowest BCUT2D eigenvalue weighted by Gasteiger charge is -1.97. The van der Waals surface area contributed by atoms with E-state index in [0.29, 0.717) is 10.9 Å². The number of aromatic nitrogens is 1. The van der Waals surface area contributed by atoms with Gasteiger partial charge >= 0.3 is 6.03 Å². The normalized spacial score (nSPS) is 10.5. The van der Waals surface area contributed by atoms with E-state index in [-0.39, 0.29) is 5.82 Å². The highest BCUT2D eigenvalue weighted by atomic mass is 19.1. The number of rotatable bonds is 0. The molecule has 4 heteroatoms. The zero-order valence-electron chi connectivity index (χ0n) is 6.62. The van der Waals surface area contributed by atoms with Gasteiger partial charge in [-0.1, -0.05) is 0 Å². The van der Waals surface area contributed by atoms with Crippen LogP contribution >= 0.6 is 0 Å². The van der Waals surface area contributed by atoms with Gasteiger partial charge in [0.25, 0.3) is 0 Å². The molecule has 2 aromatic rings. The van der Waals surface area contributed by atoms with Crippen molar-refractivity contribution in [3.63, 3.8) is 0 Å². The van der Waals surface area contributed by atoms with Gasteiger partial charge in [0.05, 0.1) is 5.52 Å². The van der Waals surface area contributed by atoms with Gasteiger partial charge < -0.3 is 5.73 Å². The fraction of sp³-hybridized carbons (Fsp3) is 0. The summed E-state index contributed by atoms with van der Waals surface area (Å²) in [7, 11) is 0. The molecule has 0 aliphatic carbocycles. The number of carbonyl (C=O) groups is 1. The van der Waals surface area contributed by atoms with E-state index in [1.165, 1.54) is 29.0 Å². The van der Waals surface area contributed by atoms with Crippen molar-refractivity contribution < 1.29 is 9.18 Å². The summed E-state index contributed by atoms with van der Waals surface area (Å²) in [6.45, 7) is 0. The predicted octanol–water partition coefficient (Wildman–Crippen LogP) is 1.51. The highest BCUT2D eigenvalue weighted by molar-refractivity contribution is 5.90. The second-order valence-electron chi connectivity index (χ2n) is 2.64. The van der Waals surface area contributed by atoms with Crippen molar-refractivity contribution in [2.75, 3.05) is 0 Å². The van der Waals surface area contributed by atoms with Crippen molar-refractivity contribution >= 4 is 16.9 Å². The molecule has 1 radical (unpaired) electrons. The number of fused-ring (bicyclic) bond motifs is 1.